The Labute approximate surface area is 137 Å². The quantitative estimate of drug-likeness (QED) is 0.799. The second-order valence-corrected chi connectivity index (χ2v) is 6.20. The number of benzene rings is 1. The van der Waals surface area contributed by atoms with E-state index in [0.717, 1.165) is 55.6 Å². The number of para-hydroxylation sites is 2. The zero-order valence-corrected chi connectivity index (χ0v) is 13.8. The van der Waals surface area contributed by atoms with Gasteiger partial charge in [-0.1, -0.05) is 12.1 Å². The molecule has 0 unspecified atom stereocenters. The molecule has 1 amide bonds. The Kier molecular flexibility index (Phi) is 5.28. The number of nitrogens with one attached hydrogen (secondary N) is 1. The van der Waals surface area contributed by atoms with E-state index in [4.69, 9.17) is 4.74 Å². The smallest absolute Gasteiger partial charge is 0.220 e. The van der Waals surface area contributed by atoms with Gasteiger partial charge in [-0.05, 0) is 37.8 Å². The third-order valence-corrected chi connectivity index (χ3v) is 4.50. The predicted molar refractivity (Wildman–Crippen MR) is 90.3 cm³/mol. The van der Waals surface area contributed by atoms with Crippen LogP contribution in [-0.2, 0) is 23.0 Å². The van der Waals surface area contributed by atoms with Gasteiger partial charge in [0.05, 0.1) is 17.1 Å². The summed E-state index contributed by atoms with van der Waals surface area (Å²) in [5.41, 5.74) is 2.19. The number of aryl methyl sites for hydroxylation is 2. The van der Waals surface area contributed by atoms with Crippen molar-refractivity contribution < 1.29 is 9.53 Å². The van der Waals surface area contributed by atoms with Crippen molar-refractivity contribution in [1.29, 1.82) is 0 Å². The first-order chi connectivity index (χ1) is 11.2. The van der Waals surface area contributed by atoms with Crippen LogP contribution in [0.5, 0.6) is 0 Å². The first kappa shape index (κ1) is 16.0. The SMILES string of the molecule is Cn1c(CCCNC(=O)CC[C@H]2CCCO2)nc2ccccc21. The second kappa shape index (κ2) is 7.59. The van der Waals surface area contributed by atoms with Crippen LogP contribution in [0.2, 0.25) is 0 Å². The fraction of sp³-hybridized carbons (Fsp3) is 0.556. The van der Waals surface area contributed by atoms with Gasteiger partial charge in [-0.2, -0.15) is 0 Å². The fourth-order valence-electron chi connectivity index (χ4n) is 3.15. The summed E-state index contributed by atoms with van der Waals surface area (Å²) in [5.74, 6) is 1.20. The van der Waals surface area contributed by atoms with Gasteiger partial charge in [0.25, 0.3) is 0 Å². The number of carbonyl (C=O) groups excluding carboxylic acids is 1. The van der Waals surface area contributed by atoms with E-state index in [2.05, 4.69) is 20.9 Å². The highest BCUT2D eigenvalue weighted by molar-refractivity contribution is 5.76. The lowest BCUT2D eigenvalue weighted by atomic mass is 10.1. The Balaban J connectivity index is 1.38. The fourth-order valence-corrected chi connectivity index (χ4v) is 3.15. The third-order valence-electron chi connectivity index (χ3n) is 4.50. The van der Waals surface area contributed by atoms with E-state index in [1.807, 2.05) is 25.2 Å². The van der Waals surface area contributed by atoms with E-state index in [9.17, 15) is 4.79 Å². The highest BCUT2D eigenvalue weighted by atomic mass is 16.5. The molecule has 1 aromatic carbocycles. The monoisotopic (exact) mass is 315 g/mol. The maximum absolute atomic E-state index is 11.8. The molecule has 0 aliphatic carbocycles. The molecule has 0 radical (unpaired) electrons. The number of rotatable bonds is 7. The Morgan fingerprint density at radius 2 is 2.30 bits per heavy atom. The molecule has 1 saturated heterocycles. The zero-order chi connectivity index (χ0) is 16.1. The maximum Gasteiger partial charge on any atom is 0.220 e. The molecule has 124 valence electrons. The molecule has 5 nitrogen and oxygen atoms in total. The van der Waals surface area contributed by atoms with Crippen molar-refractivity contribution in [2.24, 2.45) is 7.05 Å². The van der Waals surface area contributed by atoms with Gasteiger partial charge in [-0.3, -0.25) is 4.79 Å². The third kappa shape index (κ3) is 4.10. The van der Waals surface area contributed by atoms with E-state index in [1.165, 1.54) is 0 Å². The van der Waals surface area contributed by atoms with Crippen LogP contribution < -0.4 is 5.32 Å². The average molecular weight is 315 g/mol. The molecule has 0 saturated carbocycles. The van der Waals surface area contributed by atoms with Gasteiger partial charge in [0.1, 0.15) is 5.82 Å². The van der Waals surface area contributed by atoms with Crippen LogP contribution in [0.3, 0.4) is 0 Å². The summed E-state index contributed by atoms with van der Waals surface area (Å²) in [7, 11) is 2.05. The summed E-state index contributed by atoms with van der Waals surface area (Å²) in [5, 5.41) is 3.00. The Bertz CT molecular complexity index is 659. The van der Waals surface area contributed by atoms with Gasteiger partial charge in [-0.25, -0.2) is 4.98 Å². The molecular formula is C18H25N3O2. The van der Waals surface area contributed by atoms with Gasteiger partial charge in [-0.15, -0.1) is 0 Å². The molecule has 1 atom stereocenters. The molecule has 2 heterocycles. The van der Waals surface area contributed by atoms with Crippen molar-refractivity contribution in [2.45, 2.75) is 44.6 Å². The average Bonchev–Trinajstić information content (AvgIpc) is 3.19. The minimum Gasteiger partial charge on any atom is -0.378 e. The molecule has 5 heteroatoms. The van der Waals surface area contributed by atoms with E-state index in [-0.39, 0.29) is 5.91 Å². The Morgan fingerprint density at radius 1 is 1.43 bits per heavy atom. The predicted octanol–water partition coefficient (Wildman–Crippen LogP) is 2.58. The maximum atomic E-state index is 11.8. The standard InChI is InChI=1S/C18H25N3O2/c1-21-16-8-3-2-7-15(16)20-17(21)9-4-12-19-18(22)11-10-14-6-5-13-23-14/h2-3,7-8,14H,4-6,9-13H2,1H3,(H,19,22)/t14-/m1/s1. The number of amides is 1. The van der Waals surface area contributed by atoms with E-state index >= 15 is 0 Å². The topological polar surface area (TPSA) is 56.2 Å². The summed E-state index contributed by atoms with van der Waals surface area (Å²) in [4.78, 5) is 16.5. The van der Waals surface area contributed by atoms with Crippen molar-refractivity contribution in [1.82, 2.24) is 14.9 Å². The van der Waals surface area contributed by atoms with Crippen molar-refractivity contribution in [3.63, 3.8) is 0 Å². The lowest BCUT2D eigenvalue weighted by molar-refractivity contribution is -0.121. The first-order valence-corrected chi connectivity index (χ1v) is 8.52. The van der Waals surface area contributed by atoms with Gasteiger partial charge in [0, 0.05) is 33.0 Å². The van der Waals surface area contributed by atoms with Crippen molar-refractivity contribution in [3.8, 4) is 0 Å². The zero-order valence-electron chi connectivity index (χ0n) is 13.8. The molecule has 3 rings (SSSR count). The summed E-state index contributed by atoms with van der Waals surface area (Å²) < 4.78 is 7.67. The van der Waals surface area contributed by atoms with Crippen LogP contribution in [0.4, 0.5) is 0 Å². The van der Waals surface area contributed by atoms with Crippen LogP contribution in [-0.4, -0.2) is 34.7 Å². The summed E-state index contributed by atoms with van der Waals surface area (Å²) in [6.45, 7) is 1.55. The number of nitrogens with zero attached hydrogens (tertiary/aromatic N) is 2. The molecule has 1 aliphatic heterocycles. The highest BCUT2D eigenvalue weighted by Gasteiger charge is 2.16. The highest BCUT2D eigenvalue weighted by Crippen LogP contribution is 2.17. The molecule has 1 aromatic heterocycles. The number of fused-ring (bicyclic) bond motifs is 1. The minimum atomic E-state index is 0.130. The van der Waals surface area contributed by atoms with Gasteiger partial charge in [0.15, 0.2) is 0 Å². The van der Waals surface area contributed by atoms with Gasteiger partial charge in [0.2, 0.25) is 5.91 Å². The first-order valence-electron chi connectivity index (χ1n) is 8.52. The lowest BCUT2D eigenvalue weighted by Gasteiger charge is -2.09. The van der Waals surface area contributed by atoms with Crippen LogP contribution >= 0.6 is 0 Å². The van der Waals surface area contributed by atoms with Gasteiger partial charge >= 0.3 is 0 Å². The van der Waals surface area contributed by atoms with E-state index in [1.54, 1.807) is 0 Å². The summed E-state index contributed by atoms with van der Waals surface area (Å²) in [6, 6.07) is 8.15. The molecule has 1 fully saturated rings. The summed E-state index contributed by atoms with van der Waals surface area (Å²) in [6.07, 6.45) is 5.71. The van der Waals surface area contributed by atoms with Crippen LogP contribution in [0.15, 0.2) is 24.3 Å². The molecule has 2 aromatic rings. The normalized spacial score (nSPS) is 17.7. The lowest BCUT2D eigenvalue weighted by Crippen LogP contribution is -2.25. The number of hydrogen-bond acceptors (Lipinski definition) is 3. The largest absolute Gasteiger partial charge is 0.378 e. The van der Waals surface area contributed by atoms with Crippen molar-refractivity contribution in [2.75, 3.05) is 13.2 Å². The molecule has 0 spiro atoms. The van der Waals surface area contributed by atoms with Gasteiger partial charge < -0.3 is 14.6 Å². The molecular weight excluding hydrogens is 290 g/mol. The number of carbonyl (C=O) groups is 1. The van der Waals surface area contributed by atoms with Crippen molar-refractivity contribution in [3.05, 3.63) is 30.1 Å². The van der Waals surface area contributed by atoms with E-state index < -0.39 is 0 Å². The number of hydrogen-bond donors (Lipinski definition) is 1. The Hall–Kier alpha value is -1.88. The second-order valence-electron chi connectivity index (χ2n) is 6.20. The number of aromatic nitrogens is 2. The van der Waals surface area contributed by atoms with Crippen LogP contribution in [0.25, 0.3) is 11.0 Å². The van der Waals surface area contributed by atoms with Crippen molar-refractivity contribution >= 4 is 16.9 Å². The molecule has 1 aliphatic rings. The van der Waals surface area contributed by atoms with Crippen LogP contribution in [0.1, 0.15) is 37.9 Å². The molecule has 1 N–H and O–H groups in total. The minimum absolute atomic E-state index is 0.130. The Morgan fingerprint density at radius 3 is 3.09 bits per heavy atom. The molecule has 0 bridgehead atoms. The number of ether oxygens (including phenoxy) is 1. The van der Waals surface area contributed by atoms with Crippen LogP contribution in [0, 0.1) is 0 Å². The number of imidazole rings is 1. The van der Waals surface area contributed by atoms with E-state index in [0.29, 0.717) is 19.1 Å². The molecule has 23 heavy (non-hydrogen) atoms. The summed E-state index contributed by atoms with van der Waals surface area (Å²) >= 11 is 0.